The number of nitro groups is 1. The Kier molecular flexibility index (Phi) is 3.73. The lowest BCUT2D eigenvalue weighted by atomic mass is 9.92. The molecule has 1 aliphatic heterocycles. The molecule has 2 unspecified atom stereocenters. The largest absolute Gasteiger partial charge is 0.352 e. The summed E-state index contributed by atoms with van der Waals surface area (Å²) in [5.74, 6) is 1.41. The van der Waals surface area contributed by atoms with Gasteiger partial charge in [0.2, 0.25) is 0 Å². The first-order valence-corrected chi connectivity index (χ1v) is 7.77. The summed E-state index contributed by atoms with van der Waals surface area (Å²) in [4.78, 5) is 21.9. The van der Waals surface area contributed by atoms with Gasteiger partial charge in [0.25, 0.3) is 0 Å². The molecular formula is C13H17N5O2S. The Bertz CT molecular complexity index is 674. The number of rotatable bonds is 3. The number of aromatic nitrogens is 2. The molecule has 2 atom stereocenters. The van der Waals surface area contributed by atoms with Crippen LogP contribution in [0.25, 0.3) is 10.2 Å². The molecule has 0 bridgehead atoms. The second-order valence-corrected chi connectivity index (χ2v) is 6.48. The Hall–Kier alpha value is -1.80. The number of hydrogen-bond acceptors (Lipinski definition) is 7. The zero-order chi connectivity index (χ0) is 15.0. The van der Waals surface area contributed by atoms with Crippen molar-refractivity contribution >= 4 is 32.4 Å². The van der Waals surface area contributed by atoms with Gasteiger partial charge in [-0.15, -0.1) is 0 Å². The third-order valence-corrected chi connectivity index (χ3v) is 4.99. The van der Waals surface area contributed by atoms with Gasteiger partial charge in [-0.2, -0.15) is 0 Å². The van der Waals surface area contributed by atoms with Crippen molar-refractivity contribution in [2.24, 2.45) is 11.7 Å². The molecule has 0 aromatic carbocycles. The first kappa shape index (κ1) is 14.2. The monoisotopic (exact) mass is 307 g/mol. The third-order valence-electron chi connectivity index (χ3n) is 4.00. The number of piperidine rings is 1. The Labute approximate surface area is 125 Å². The summed E-state index contributed by atoms with van der Waals surface area (Å²) >= 11 is 1.08. The van der Waals surface area contributed by atoms with Crippen molar-refractivity contribution in [3.63, 3.8) is 0 Å². The zero-order valence-electron chi connectivity index (χ0n) is 11.7. The first-order chi connectivity index (χ1) is 10.1. The maximum absolute atomic E-state index is 11.0. The average molecular weight is 307 g/mol. The number of nitrogens with zero attached hydrogens (tertiary/aromatic N) is 4. The maximum Gasteiger partial charge on any atom is 0.326 e. The summed E-state index contributed by atoms with van der Waals surface area (Å²) < 4.78 is 0. The fourth-order valence-corrected chi connectivity index (χ4v) is 3.71. The van der Waals surface area contributed by atoms with Gasteiger partial charge in [0.15, 0.2) is 0 Å². The van der Waals surface area contributed by atoms with Crippen LogP contribution in [0.1, 0.15) is 19.8 Å². The Morgan fingerprint density at radius 3 is 3.10 bits per heavy atom. The maximum atomic E-state index is 11.0. The molecule has 21 heavy (non-hydrogen) atoms. The van der Waals surface area contributed by atoms with Gasteiger partial charge in [0, 0.05) is 25.2 Å². The number of thiophene rings is 1. The second kappa shape index (κ2) is 5.53. The molecular weight excluding hydrogens is 290 g/mol. The Morgan fingerprint density at radius 2 is 2.38 bits per heavy atom. The van der Waals surface area contributed by atoms with E-state index in [-0.39, 0.29) is 16.0 Å². The summed E-state index contributed by atoms with van der Waals surface area (Å²) in [5, 5.41) is 11.8. The van der Waals surface area contributed by atoms with Crippen molar-refractivity contribution in [2.75, 3.05) is 18.0 Å². The highest BCUT2D eigenvalue weighted by Gasteiger charge is 2.28. The van der Waals surface area contributed by atoms with E-state index in [0.717, 1.165) is 41.9 Å². The van der Waals surface area contributed by atoms with Crippen LogP contribution < -0.4 is 10.6 Å². The lowest BCUT2D eigenvalue weighted by Crippen LogP contribution is -2.46. The van der Waals surface area contributed by atoms with Crippen molar-refractivity contribution in [1.82, 2.24) is 9.97 Å². The molecule has 3 rings (SSSR count). The van der Waals surface area contributed by atoms with E-state index in [0.29, 0.717) is 17.3 Å². The van der Waals surface area contributed by atoms with Gasteiger partial charge in [-0.25, -0.2) is 9.97 Å². The van der Waals surface area contributed by atoms with Crippen molar-refractivity contribution in [3.8, 4) is 0 Å². The van der Waals surface area contributed by atoms with Crippen LogP contribution in [-0.4, -0.2) is 34.0 Å². The quantitative estimate of drug-likeness (QED) is 0.689. The highest BCUT2D eigenvalue weighted by Crippen LogP contribution is 2.36. The second-order valence-electron chi connectivity index (χ2n) is 5.47. The molecule has 7 nitrogen and oxygen atoms in total. The van der Waals surface area contributed by atoms with Gasteiger partial charge in [-0.1, -0.05) is 6.92 Å². The van der Waals surface area contributed by atoms with Gasteiger partial charge in [-0.05, 0) is 30.1 Å². The van der Waals surface area contributed by atoms with E-state index in [1.165, 1.54) is 6.33 Å². The van der Waals surface area contributed by atoms with Crippen molar-refractivity contribution in [2.45, 2.75) is 25.8 Å². The SMILES string of the molecule is CC1CCN(c2ncnc3sc([N+](=O)[O-])cc23)C(CN)C1. The van der Waals surface area contributed by atoms with E-state index < -0.39 is 0 Å². The molecule has 0 radical (unpaired) electrons. The fraction of sp³-hybridized carbons (Fsp3) is 0.538. The summed E-state index contributed by atoms with van der Waals surface area (Å²) in [6, 6.07) is 1.80. The van der Waals surface area contributed by atoms with Gasteiger partial charge < -0.3 is 10.6 Å². The van der Waals surface area contributed by atoms with Crippen molar-refractivity contribution in [3.05, 3.63) is 22.5 Å². The third kappa shape index (κ3) is 2.56. The van der Waals surface area contributed by atoms with Gasteiger partial charge in [-0.3, -0.25) is 10.1 Å². The first-order valence-electron chi connectivity index (χ1n) is 6.95. The van der Waals surface area contributed by atoms with E-state index >= 15 is 0 Å². The molecule has 1 saturated heterocycles. The molecule has 2 aromatic rings. The molecule has 1 fully saturated rings. The fourth-order valence-electron chi connectivity index (χ4n) is 2.90. The molecule has 2 N–H and O–H groups in total. The van der Waals surface area contributed by atoms with Crippen LogP contribution >= 0.6 is 11.3 Å². The van der Waals surface area contributed by atoms with E-state index in [1.807, 2.05) is 0 Å². The molecule has 8 heteroatoms. The highest BCUT2D eigenvalue weighted by atomic mass is 32.1. The predicted molar refractivity (Wildman–Crippen MR) is 82.7 cm³/mol. The lowest BCUT2D eigenvalue weighted by molar-refractivity contribution is -0.380. The van der Waals surface area contributed by atoms with Crippen LogP contribution in [0.5, 0.6) is 0 Å². The van der Waals surface area contributed by atoms with Crippen LogP contribution in [0.2, 0.25) is 0 Å². The minimum atomic E-state index is -0.380. The van der Waals surface area contributed by atoms with E-state index in [9.17, 15) is 10.1 Å². The van der Waals surface area contributed by atoms with E-state index in [4.69, 9.17) is 5.73 Å². The van der Waals surface area contributed by atoms with Crippen LogP contribution in [-0.2, 0) is 0 Å². The Morgan fingerprint density at radius 1 is 1.57 bits per heavy atom. The van der Waals surface area contributed by atoms with Crippen LogP contribution in [0, 0.1) is 16.0 Å². The predicted octanol–water partition coefficient (Wildman–Crippen LogP) is 2.16. The van der Waals surface area contributed by atoms with Crippen molar-refractivity contribution < 1.29 is 4.92 Å². The van der Waals surface area contributed by atoms with E-state index in [2.05, 4.69) is 21.8 Å². The number of hydrogen-bond donors (Lipinski definition) is 1. The summed E-state index contributed by atoms with van der Waals surface area (Å²) in [6.45, 7) is 3.66. The Balaban J connectivity index is 2.04. The lowest BCUT2D eigenvalue weighted by Gasteiger charge is -2.39. The van der Waals surface area contributed by atoms with Gasteiger partial charge in [0.1, 0.15) is 17.0 Å². The summed E-state index contributed by atoms with van der Waals surface area (Å²) in [7, 11) is 0. The minimum Gasteiger partial charge on any atom is -0.352 e. The highest BCUT2D eigenvalue weighted by molar-refractivity contribution is 7.21. The summed E-state index contributed by atoms with van der Waals surface area (Å²) in [5.41, 5.74) is 5.90. The van der Waals surface area contributed by atoms with Crippen molar-refractivity contribution in [1.29, 1.82) is 0 Å². The molecule has 0 saturated carbocycles. The van der Waals surface area contributed by atoms with Gasteiger partial charge in [0.05, 0.1) is 10.3 Å². The molecule has 1 aliphatic rings. The van der Waals surface area contributed by atoms with Crippen LogP contribution in [0.4, 0.5) is 10.8 Å². The van der Waals surface area contributed by atoms with Crippen LogP contribution in [0.3, 0.4) is 0 Å². The number of nitrogens with two attached hydrogens (primary N) is 1. The number of anilines is 1. The standard InChI is InChI=1S/C13H17N5O2S/c1-8-2-3-17(9(4-8)6-14)12-10-5-11(18(19)20)21-13(10)16-7-15-12/h5,7-9H,2-4,6,14H2,1H3. The molecule has 3 heterocycles. The van der Waals surface area contributed by atoms with Gasteiger partial charge >= 0.3 is 5.00 Å². The zero-order valence-corrected chi connectivity index (χ0v) is 12.5. The smallest absolute Gasteiger partial charge is 0.326 e. The molecule has 0 amide bonds. The molecule has 0 spiro atoms. The number of fused-ring (bicyclic) bond motifs is 1. The topological polar surface area (TPSA) is 98.2 Å². The molecule has 2 aromatic heterocycles. The minimum absolute atomic E-state index is 0.0985. The summed E-state index contributed by atoms with van der Waals surface area (Å²) in [6.07, 6.45) is 3.58. The average Bonchev–Trinajstić information content (AvgIpc) is 2.91. The molecule has 112 valence electrons. The normalized spacial score (nSPS) is 22.7. The van der Waals surface area contributed by atoms with E-state index in [1.54, 1.807) is 6.07 Å². The molecule has 0 aliphatic carbocycles. The van der Waals surface area contributed by atoms with Crippen LogP contribution in [0.15, 0.2) is 12.4 Å².